The Morgan fingerprint density at radius 2 is 2.00 bits per heavy atom. The standard InChI is InChI=1S/C18H17BrFN5O/c1-11(10-26)22-18-24-16(15-4-2-3-7-21-15)9-17(25-18)23-14-6-5-12(20)8-13(14)19/h2-9,11,26H,10H2,1H3,(H2,22,23,24,25)/t11-/m1/s1. The first-order chi connectivity index (χ1) is 12.5. The lowest BCUT2D eigenvalue weighted by Crippen LogP contribution is -2.21. The van der Waals surface area contributed by atoms with Crippen LogP contribution in [0.15, 0.2) is 53.1 Å². The van der Waals surface area contributed by atoms with E-state index >= 15 is 0 Å². The summed E-state index contributed by atoms with van der Waals surface area (Å²) in [6.07, 6.45) is 1.69. The second-order valence-electron chi connectivity index (χ2n) is 5.65. The van der Waals surface area contributed by atoms with Crippen LogP contribution in [0, 0.1) is 5.82 Å². The van der Waals surface area contributed by atoms with Crippen LogP contribution in [0.3, 0.4) is 0 Å². The summed E-state index contributed by atoms with van der Waals surface area (Å²) in [5, 5.41) is 15.4. The number of hydrogen-bond acceptors (Lipinski definition) is 6. The maximum Gasteiger partial charge on any atom is 0.225 e. The summed E-state index contributed by atoms with van der Waals surface area (Å²) < 4.78 is 13.9. The highest BCUT2D eigenvalue weighted by Crippen LogP contribution is 2.28. The van der Waals surface area contributed by atoms with E-state index in [0.29, 0.717) is 33.3 Å². The summed E-state index contributed by atoms with van der Waals surface area (Å²) in [5.41, 5.74) is 1.98. The van der Waals surface area contributed by atoms with Crippen molar-refractivity contribution in [3.63, 3.8) is 0 Å². The van der Waals surface area contributed by atoms with Gasteiger partial charge >= 0.3 is 0 Å². The summed E-state index contributed by atoms with van der Waals surface area (Å²) >= 11 is 3.33. The molecule has 0 amide bonds. The van der Waals surface area contributed by atoms with Crippen molar-refractivity contribution in [1.82, 2.24) is 15.0 Å². The van der Waals surface area contributed by atoms with Gasteiger partial charge in [0.2, 0.25) is 5.95 Å². The molecule has 0 saturated carbocycles. The molecule has 0 aliphatic heterocycles. The number of halogens is 2. The first-order valence-corrected chi connectivity index (χ1v) is 8.74. The Hall–Kier alpha value is -2.58. The highest BCUT2D eigenvalue weighted by atomic mass is 79.9. The molecular weight excluding hydrogens is 401 g/mol. The quantitative estimate of drug-likeness (QED) is 0.562. The van der Waals surface area contributed by atoms with Gasteiger partial charge in [-0.05, 0) is 53.2 Å². The van der Waals surface area contributed by atoms with Crippen LogP contribution in [0.2, 0.25) is 0 Å². The average Bonchev–Trinajstić information content (AvgIpc) is 2.64. The van der Waals surface area contributed by atoms with Gasteiger partial charge in [-0.25, -0.2) is 9.37 Å². The van der Waals surface area contributed by atoms with E-state index in [0.717, 1.165) is 0 Å². The van der Waals surface area contributed by atoms with Gasteiger partial charge in [0.25, 0.3) is 0 Å². The van der Waals surface area contributed by atoms with Crippen LogP contribution in [0.5, 0.6) is 0 Å². The minimum absolute atomic E-state index is 0.0521. The van der Waals surface area contributed by atoms with Crippen molar-refractivity contribution in [1.29, 1.82) is 0 Å². The SMILES string of the molecule is C[C@H](CO)Nc1nc(Nc2ccc(F)cc2Br)cc(-c2ccccn2)n1. The Morgan fingerprint density at radius 3 is 2.69 bits per heavy atom. The minimum Gasteiger partial charge on any atom is -0.394 e. The fraction of sp³-hybridized carbons (Fsp3) is 0.167. The average molecular weight is 418 g/mol. The van der Waals surface area contributed by atoms with Crippen molar-refractivity contribution in [3.05, 3.63) is 59.0 Å². The molecule has 0 saturated heterocycles. The highest BCUT2D eigenvalue weighted by Gasteiger charge is 2.11. The van der Waals surface area contributed by atoms with Crippen molar-refractivity contribution < 1.29 is 9.50 Å². The molecule has 26 heavy (non-hydrogen) atoms. The van der Waals surface area contributed by atoms with Crippen molar-refractivity contribution >= 4 is 33.4 Å². The molecule has 134 valence electrons. The number of anilines is 3. The number of aromatic nitrogens is 3. The molecule has 0 radical (unpaired) electrons. The molecule has 0 unspecified atom stereocenters. The molecular formula is C18H17BrFN5O. The fourth-order valence-electron chi connectivity index (χ4n) is 2.22. The molecule has 1 aromatic carbocycles. The van der Waals surface area contributed by atoms with Gasteiger partial charge in [-0.15, -0.1) is 0 Å². The van der Waals surface area contributed by atoms with Gasteiger partial charge in [0.15, 0.2) is 0 Å². The lowest BCUT2D eigenvalue weighted by Gasteiger charge is -2.14. The minimum atomic E-state index is -0.335. The summed E-state index contributed by atoms with van der Waals surface area (Å²) in [6, 6.07) is 11.4. The molecule has 3 N–H and O–H groups in total. The van der Waals surface area contributed by atoms with Gasteiger partial charge in [0.05, 0.1) is 23.7 Å². The van der Waals surface area contributed by atoms with Crippen LogP contribution in [0.25, 0.3) is 11.4 Å². The lowest BCUT2D eigenvalue weighted by atomic mass is 10.2. The molecule has 0 aliphatic carbocycles. The molecule has 2 heterocycles. The second kappa shape index (κ2) is 8.20. The molecule has 0 spiro atoms. The van der Waals surface area contributed by atoms with Crippen LogP contribution in [-0.2, 0) is 0 Å². The van der Waals surface area contributed by atoms with Crippen LogP contribution in [0.1, 0.15) is 6.92 Å². The first-order valence-electron chi connectivity index (χ1n) is 7.95. The first kappa shape index (κ1) is 18.2. The number of aliphatic hydroxyl groups is 1. The second-order valence-corrected chi connectivity index (χ2v) is 6.51. The van der Waals surface area contributed by atoms with E-state index in [1.807, 2.05) is 25.1 Å². The number of aliphatic hydroxyl groups excluding tert-OH is 1. The lowest BCUT2D eigenvalue weighted by molar-refractivity contribution is 0.281. The van der Waals surface area contributed by atoms with E-state index in [9.17, 15) is 9.50 Å². The number of benzene rings is 1. The maximum absolute atomic E-state index is 13.3. The zero-order valence-corrected chi connectivity index (χ0v) is 15.5. The Morgan fingerprint density at radius 1 is 1.15 bits per heavy atom. The molecule has 6 nitrogen and oxygen atoms in total. The van der Waals surface area contributed by atoms with Crippen LogP contribution < -0.4 is 10.6 Å². The third-order valence-corrected chi connectivity index (χ3v) is 4.15. The summed E-state index contributed by atoms with van der Waals surface area (Å²) in [6.45, 7) is 1.77. The van der Waals surface area contributed by atoms with E-state index in [1.165, 1.54) is 12.1 Å². The van der Waals surface area contributed by atoms with Crippen molar-refractivity contribution in [2.45, 2.75) is 13.0 Å². The van der Waals surface area contributed by atoms with Crippen LogP contribution in [0.4, 0.5) is 21.8 Å². The normalized spacial score (nSPS) is 11.8. The predicted octanol–water partition coefficient (Wildman–Crippen LogP) is 3.98. The van der Waals surface area contributed by atoms with Gasteiger partial charge in [0, 0.05) is 22.8 Å². The van der Waals surface area contributed by atoms with E-state index in [2.05, 4.69) is 41.5 Å². The Kier molecular flexibility index (Phi) is 5.75. The monoisotopic (exact) mass is 417 g/mol. The molecule has 1 atom stereocenters. The number of pyridine rings is 1. The molecule has 3 rings (SSSR count). The smallest absolute Gasteiger partial charge is 0.225 e. The third kappa shape index (κ3) is 4.53. The highest BCUT2D eigenvalue weighted by molar-refractivity contribution is 9.10. The summed E-state index contributed by atoms with van der Waals surface area (Å²) in [4.78, 5) is 13.2. The zero-order chi connectivity index (χ0) is 18.5. The molecule has 2 aromatic heterocycles. The summed E-state index contributed by atoms with van der Waals surface area (Å²) in [5.74, 6) is 0.537. The fourth-order valence-corrected chi connectivity index (χ4v) is 2.67. The summed E-state index contributed by atoms with van der Waals surface area (Å²) in [7, 11) is 0. The Bertz CT molecular complexity index is 894. The van der Waals surface area contributed by atoms with E-state index in [1.54, 1.807) is 18.3 Å². The van der Waals surface area contributed by atoms with Crippen molar-refractivity contribution in [3.8, 4) is 11.4 Å². The number of rotatable bonds is 6. The molecule has 3 aromatic rings. The third-order valence-electron chi connectivity index (χ3n) is 3.50. The largest absolute Gasteiger partial charge is 0.394 e. The van der Waals surface area contributed by atoms with Gasteiger partial charge in [0.1, 0.15) is 11.6 Å². The number of nitrogens with zero attached hydrogens (tertiary/aromatic N) is 3. The molecule has 0 bridgehead atoms. The van der Waals surface area contributed by atoms with E-state index in [-0.39, 0.29) is 18.5 Å². The number of nitrogens with one attached hydrogen (secondary N) is 2. The van der Waals surface area contributed by atoms with E-state index < -0.39 is 0 Å². The molecule has 8 heteroatoms. The maximum atomic E-state index is 13.3. The van der Waals surface area contributed by atoms with Crippen LogP contribution in [-0.4, -0.2) is 32.7 Å². The van der Waals surface area contributed by atoms with Crippen molar-refractivity contribution in [2.24, 2.45) is 0 Å². The van der Waals surface area contributed by atoms with Gasteiger partial charge in [-0.3, -0.25) is 4.98 Å². The van der Waals surface area contributed by atoms with Gasteiger partial charge in [-0.2, -0.15) is 4.98 Å². The predicted molar refractivity (Wildman–Crippen MR) is 103 cm³/mol. The number of hydrogen-bond donors (Lipinski definition) is 3. The Balaban J connectivity index is 1.98. The Labute approximate surface area is 158 Å². The van der Waals surface area contributed by atoms with Crippen LogP contribution >= 0.6 is 15.9 Å². The van der Waals surface area contributed by atoms with Crippen molar-refractivity contribution in [2.75, 3.05) is 17.2 Å². The van der Waals surface area contributed by atoms with Gasteiger partial charge < -0.3 is 15.7 Å². The molecule has 0 aliphatic rings. The molecule has 0 fully saturated rings. The topological polar surface area (TPSA) is 83.0 Å². The zero-order valence-electron chi connectivity index (χ0n) is 13.9. The van der Waals surface area contributed by atoms with E-state index in [4.69, 9.17) is 0 Å². The van der Waals surface area contributed by atoms with Gasteiger partial charge in [-0.1, -0.05) is 6.07 Å².